The second-order valence-electron chi connectivity index (χ2n) is 4.12. The first-order chi connectivity index (χ1) is 9.19. The second-order valence-corrected chi connectivity index (χ2v) is 5.18. The van der Waals surface area contributed by atoms with Crippen LogP contribution in [0.5, 0.6) is 11.5 Å². The molecule has 1 heterocycles. The van der Waals surface area contributed by atoms with Gasteiger partial charge in [0.25, 0.3) is 0 Å². The Bertz CT molecular complexity index is 554. The minimum Gasteiger partial charge on any atom is -0.497 e. The molecule has 0 aliphatic heterocycles. The number of hydrogen-bond acceptors (Lipinski definition) is 5. The summed E-state index contributed by atoms with van der Waals surface area (Å²) < 4.78 is 10.7. The largest absolute Gasteiger partial charge is 0.497 e. The number of nitrogens with one attached hydrogen (secondary N) is 1. The van der Waals surface area contributed by atoms with Crippen LogP contribution in [-0.4, -0.2) is 26.3 Å². The first kappa shape index (κ1) is 13.8. The normalized spacial score (nSPS) is 12.2. The van der Waals surface area contributed by atoms with Gasteiger partial charge in [0.2, 0.25) is 0 Å². The molecule has 2 rings (SSSR count). The number of aromatic nitrogens is 1. The summed E-state index contributed by atoms with van der Waals surface area (Å²) in [5.41, 5.74) is 2.02. The van der Waals surface area contributed by atoms with Gasteiger partial charge in [0.1, 0.15) is 11.5 Å². The zero-order valence-corrected chi connectivity index (χ0v) is 12.4. The van der Waals surface area contributed by atoms with Crippen molar-refractivity contribution in [2.75, 3.05) is 21.3 Å². The smallest absolute Gasteiger partial charge is 0.124 e. The third-order valence-electron chi connectivity index (χ3n) is 2.97. The topological polar surface area (TPSA) is 43.4 Å². The Hall–Kier alpha value is -1.59. The van der Waals surface area contributed by atoms with E-state index in [-0.39, 0.29) is 6.04 Å². The molecule has 0 aliphatic carbocycles. The first-order valence-electron chi connectivity index (χ1n) is 6.00. The molecule has 5 heteroatoms. The lowest BCUT2D eigenvalue weighted by Gasteiger charge is -2.18. The van der Waals surface area contributed by atoms with Crippen LogP contribution in [-0.2, 0) is 0 Å². The molecule has 0 saturated carbocycles. The highest BCUT2D eigenvalue weighted by Crippen LogP contribution is 2.33. The monoisotopic (exact) mass is 278 g/mol. The van der Waals surface area contributed by atoms with Gasteiger partial charge in [-0.25, -0.2) is 4.98 Å². The van der Waals surface area contributed by atoms with E-state index in [1.54, 1.807) is 25.6 Å². The van der Waals surface area contributed by atoms with Gasteiger partial charge in [0, 0.05) is 10.9 Å². The van der Waals surface area contributed by atoms with E-state index in [4.69, 9.17) is 9.47 Å². The maximum absolute atomic E-state index is 5.44. The fourth-order valence-corrected chi connectivity index (χ4v) is 2.68. The van der Waals surface area contributed by atoms with Crippen molar-refractivity contribution in [3.05, 3.63) is 39.8 Å². The molecule has 0 radical (unpaired) electrons. The van der Waals surface area contributed by atoms with Crippen LogP contribution in [0.3, 0.4) is 0 Å². The Morgan fingerprint density at radius 2 is 2.05 bits per heavy atom. The third-order valence-corrected chi connectivity index (χ3v) is 3.76. The predicted octanol–water partition coefficient (Wildman–Crippen LogP) is 2.78. The standard InChI is InChI=1S/C14H18N2O2S/c1-9-16-12(8-19-9)14(15-2)11-7-10(17-3)5-6-13(11)18-4/h5-8,14-15H,1-4H3. The number of nitrogens with zero attached hydrogens (tertiary/aromatic N) is 1. The lowest BCUT2D eigenvalue weighted by molar-refractivity contribution is 0.394. The number of methoxy groups -OCH3 is 2. The van der Waals surface area contributed by atoms with Crippen molar-refractivity contribution < 1.29 is 9.47 Å². The number of aryl methyl sites for hydroxylation is 1. The van der Waals surface area contributed by atoms with Crippen molar-refractivity contribution in [3.8, 4) is 11.5 Å². The van der Waals surface area contributed by atoms with Gasteiger partial charge in [-0.2, -0.15) is 0 Å². The van der Waals surface area contributed by atoms with Crippen LogP contribution < -0.4 is 14.8 Å². The molecule has 1 atom stereocenters. The van der Waals surface area contributed by atoms with Gasteiger partial charge >= 0.3 is 0 Å². The molecule has 1 aromatic heterocycles. The lowest BCUT2D eigenvalue weighted by Crippen LogP contribution is -2.19. The highest BCUT2D eigenvalue weighted by molar-refractivity contribution is 7.09. The average Bonchev–Trinajstić information content (AvgIpc) is 2.86. The molecule has 1 aromatic carbocycles. The average molecular weight is 278 g/mol. The van der Waals surface area contributed by atoms with Crippen LogP contribution in [0.25, 0.3) is 0 Å². The van der Waals surface area contributed by atoms with Crippen molar-refractivity contribution in [3.63, 3.8) is 0 Å². The summed E-state index contributed by atoms with van der Waals surface area (Å²) in [6.45, 7) is 2.00. The van der Waals surface area contributed by atoms with E-state index < -0.39 is 0 Å². The Morgan fingerprint density at radius 3 is 2.58 bits per heavy atom. The van der Waals surface area contributed by atoms with Crippen molar-refractivity contribution in [2.24, 2.45) is 0 Å². The minimum absolute atomic E-state index is 0.00463. The Kier molecular flexibility index (Phi) is 4.39. The summed E-state index contributed by atoms with van der Waals surface area (Å²) >= 11 is 1.64. The first-order valence-corrected chi connectivity index (χ1v) is 6.88. The minimum atomic E-state index is -0.00463. The molecule has 1 unspecified atom stereocenters. The quantitative estimate of drug-likeness (QED) is 0.913. The summed E-state index contributed by atoms with van der Waals surface area (Å²) in [6.07, 6.45) is 0. The van der Waals surface area contributed by atoms with E-state index in [9.17, 15) is 0 Å². The molecule has 0 saturated heterocycles. The Balaban J connectivity index is 2.47. The van der Waals surface area contributed by atoms with Crippen molar-refractivity contribution in [1.82, 2.24) is 10.3 Å². The lowest BCUT2D eigenvalue weighted by atomic mass is 10.0. The van der Waals surface area contributed by atoms with Gasteiger partial charge in [-0.3, -0.25) is 0 Å². The van der Waals surface area contributed by atoms with Gasteiger partial charge < -0.3 is 14.8 Å². The molecule has 1 N–H and O–H groups in total. The van der Waals surface area contributed by atoms with Crippen LogP contribution in [0.1, 0.15) is 22.3 Å². The number of benzene rings is 1. The molecule has 0 amide bonds. The van der Waals surface area contributed by atoms with E-state index in [0.717, 1.165) is 27.8 Å². The van der Waals surface area contributed by atoms with Crippen molar-refractivity contribution in [2.45, 2.75) is 13.0 Å². The number of rotatable bonds is 5. The Labute approximate surface area is 117 Å². The second kappa shape index (κ2) is 6.04. The molecule has 4 nitrogen and oxygen atoms in total. The van der Waals surface area contributed by atoms with Gasteiger partial charge in [-0.05, 0) is 32.2 Å². The zero-order valence-electron chi connectivity index (χ0n) is 11.6. The van der Waals surface area contributed by atoms with Gasteiger partial charge in [0.05, 0.1) is 31.0 Å². The van der Waals surface area contributed by atoms with Gasteiger partial charge in [0.15, 0.2) is 0 Å². The van der Waals surface area contributed by atoms with Crippen LogP contribution in [0.4, 0.5) is 0 Å². The molecule has 0 aliphatic rings. The maximum Gasteiger partial charge on any atom is 0.124 e. The highest BCUT2D eigenvalue weighted by Gasteiger charge is 2.19. The molecule has 0 spiro atoms. The number of thiazole rings is 1. The highest BCUT2D eigenvalue weighted by atomic mass is 32.1. The Morgan fingerprint density at radius 1 is 1.26 bits per heavy atom. The maximum atomic E-state index is 5.44. The van der Waals surface area contributed by atoms with E-state index in [2.05, 4.69) is 15.7 Å². The van der Waals surface area contributed by atoms with Crippen LogP contribution in [0.15, 0.2) is 23.6 Å². The molecule has 0 fully saturated rings. The van der Waals surface area contributed by atoms with E-state index in [1.165, 1.54) is 0 Å². The summed E-state index contributed by atoms with van der Waals surface area (Å²) in [5.74, 6) is 1.63. The fourth-order valence-electron chi connectivity index (χ4n) is 2.04. The zero-order chi connectivity index (χ0) is 13.8. The summed E-state index contributed by atoms with van der Waals surface area (Å²) in [4.78, 5) is 4.55. The van der Waals surface area contributed by atoms with E-state index in [0.29, 0.717) is 0 Å². The molecular formula is C14H18N2O2S. The molecule has 19 heavy (non-hydrogen) atoms. The van der Waals surface area contributed by atoms with Crippen LogP contribution >= 0.6 is 11.3 Å². The molecular weight excluding hydrogens is 260 g/mol. The van der Waals surface area contributed by atoms with Crippen LogP contribution in [0.2, 0.25) is 0 Å². The van der Waals surface area contributed by atoms with Crippen LogP contribution in [0, 0.1) is 6.92 Å². The molecule has 2 aromatic rings. The molecule has 0 bridgehead atoms. The van der Waals surface area contributed by atoms with Gasteiger partial charge in [-0.15, -0.1) is 11.3 Å². The number of ether oxygens (including phenoxy) is 2. The van der Waals surface area contributed by atoms with E-state index in [1.807, 2.05) is 32.2 Å². The van der Waals surface area contributed by atoms with Crippen molar-refractivity contribution in [1.29, 1.82) is 0 Å². The summed E-state index contributed by atoms with van der Waals surface area (Å²) in [5, 5.41) is 6.40. The van der Waals surface area contributed by atoms with Crippen molar-refractivity contribution >= 4 is 11.3 Å². The SMILES string of the molecule is CNC(c1csc(C)n1)c1cc(OC)ccc1OC. The van der Waals surface area contributed by atoms with E-state index >= 15 is 0 Å². The summed E-state index contributed by atoms with van der Waals surface area (Å²) in [7, 11) is 5.25. The van der Waals surface area contributed by atoms with Gasteiger partial charge in [-0.1, -0.05) is 0 Å². The number of hydrogen-bond donors (Lipinski definition) is 1. The third kappa shape index (κ3) is 2.88. The predicted molar refractivity (Wildman–Crippen MR) is 77.3 cm³/mol. The molecule has 102 valence electrons. The fraction of sp³-hybridized carbons (Fsp3) is 0.357. The summed E-state index contributed by atoms with van der Waals surface area (Å²) in [6, 6.07) is 5.78.